The standard InChI is InChI=1S/C12H18BrNO4S2/c1-7(2)6-14(8(3)4)20(17,18)10-5-9(12(15)16)19-11(10)13/h5,7-8H,6H2,1-4H3,(H,15,16). The van der Waals surface area contributed by atoms with Gasteiger partial charge in [0, 0.05) is 12.6 Å². The van der Waals surface area contributed by atoms with Crippen LogP contribution in [-0.4, -0.2) is 36.4 Å². The average molecular weight is 384 g/mol. The number of sulfonamides is 1. The molecule has 0 aromatic carbocycles. The molecule has 0 aliphatic heterocycles. The normalized spacial score (nSPS) is 12.6. The van der Waals surface area contributed by atoms with Crippen LogP contribution in [0.1, 0.15) is 37.4 Å². The summed E-state index contributed by atoms with van der Waals surface area (Å²) in [6.07, 6.45) is 0. The first-order valence-electron chi connectivity index (χ1n) is 6.11. The summed E-state index contributed by atoms with van der Waals surface area (Å²) < 4.78 is 27.1. The lowest BCUT2D eigenvalue weighted by Crippen LogP contribution is -2.39. The molecule has 1 aromatic rings. The Morgan fingerprint density at radius 2 is 1.95 bits per heavy atom. The third-order valence-electron chi connectivity index (χ3n) is 2.57. The van der Waals surface area contributed by atoms with Crippen LogP contribution in [0.5, 0.6) is 0 Å². The fraction of sp³-hybridized carbons (Fsp3) is 0.583. The first kappa shape index (κ1) is 17.6. The number of carboxylic acid groups (broad SMARTS) is 1. The van der Waals surface area contributed by atoms with E-state index in [4.69, 9.17) is 5.11 Å². The first-order valence-corrected chi connectivity index (χ1v) is 9.16. The van der Waals surface area contributed by atoms with Gasteiger partial charge >= 0.3 is 5.97 Å². The minimum absolute atomic E-state index is 0.00343. The Labute approximate surface area is 131 Å². The molecule has 0 spiro atoms. The van der Waals surface area contributed by atoms with Gasteiger partial charge < -0.3 is 5.11 Å². The van der Waals surface area contributed by atoms with Gasteiger partial charge in [-0.1, -0.05) is 13.8 Å². The fourth-order valence-corrected chi connectivity index (χ4v) is 5.86. The molecule has 1 N–H and O–H groups in total. The molecule has 5 nitrogen and oxygen atoms in total. The van der Waals surface area contributed by atoms with Gasteiger partial charge in [0.1, 0.15) is 9.77 Å². The van der Waals surface area contributed by atoms with E-state index in [0.29, 0.717) is 10.3 Å². The largest absolute Gasteiger partial charge is 0.477 e. The topological polar surface area (TPSA) is 74.7 Å². The van der Waals surface area contributed by atoms with Gasteiger partial charge in [0.15, 0.2) is 0 Å². The van der Waals surface area contributed by atoms with Crippen LogP contribution in [0, 0.1) is 5.92 Å². The Kier molecular flexibility index (Phi) is 5.77. The molecular weight excluding hydrogens is 366 g/mol. The van der Waals surface area contributed by atoms with Crippen LogP contribution in [0.15, 0.2) is 14.7 Å². The zero-order valence-electron chi connectivity index (χ0n) is 11.8. The zero-order chi connectivity index (χ0) is 15.7. The van der Waals surface area contributed by atoms with Crippen LogP contribution >= 0.6 is 27.3 Å². The second-order valence-corrected chi connectivity index (χ2v) is 9.35. The quantitative estimate of drug-likeness (QED) is 0.817. The van der Waals surface area contributed by atoms with Gasteiger partial charge in [0.2, 0.25) is 10.0 Å². The monoisotopic (exact) mass is 383 g/mol. The lowest BCUT2D eigenvalue weighted by Gasteiger charge is -2.27. The molecule has 1 rings (SSSR count). The molecule has 0 aliphatic carbocycles. The van der Waals surface area contributed by atoms with E-state index >= 15 is 0 Å². The van der Waals surface area contributed by atoms with E-state index in [0.717, 1.165) is 11.3 Å². The summed E-state index contributed by atoms with van der Waals surface area (Å²) in [5, 5.41) is 8.96. The van der Waals surface area contributed by atoms with Gasteiger partial charge in [0.25, 0.3) is 0 Å². The number of carboxylic acids is 1. The van der Waals surface area contributed by atoms with Crippen molar-refractivity contribution >= 4 is 43.3 Å². The number of carbonyl (C=O) groups is 1. The minimum atomic E-state index is -3.71. The Bertz CT molecular complexity index is 593. The lowest BCUT2D eigenvalue weighted by molar-refractivity contribution is 0.0702. The summed E-state index contributed by atoms with van der Waals surface area (Å²) in [6, 6.07) is 1.02. The van der Waals surface area contributed by atoms with Gasteiger partial charge in [-0.25, -0.2) is 13.2 Å². The average Bonchev–Trinajstić information content (AvgIpc) is 2.68. The van der Waals surface area contributed by atoms with E-state index in [1.807, 2.05) is 13.8 Å². The number of thiophene rings is 1. The molecule has 8 heteroatoms. The third-order valence-corrected chi connectivity index (χ3v) is 6.86. The van der Waals surface area contributed by atoms with Crippen molar-refractivity contribution in [1.29, 1.82) is 0 Å². The Hall–Kier alpha value is -0.440. The van der Waals surface area contributed by atoms with Crippen molar-refractivity contribution in [1.82, 2.24) is 4.31 Å². The minimum Gasteiger partial charge on any atom is -0.477 e. The molecule has 0 unspecified atom stereocenters. The lowest BCUT2D eigenvalue weighted by atomic mass is 10.2. The third kappa shape index (κ3) is 3.81. The van der Waals surface area contributed by atoms with Crippen molar-refractivity contribution < 1.29 is 18.3 Å². The summed E-state index contributed by atoms with van der Waals surface area (Å²) >= 11 is 4.06. The molecule has 114 valence electrons. The SMILES string of the molecule is CC(C)CN(C(C)C)S(=O)(=O)c1cc(C(=O)O)sc1Br. The molecule has 0 radical (unpaired) electrons. The van der Waals surface area contributed by atoms with E-state index < -0.39 is 16.0 Å². The molecule has 0 aliphatic rings. The van der Waals surface area contributed by atoms with Gasteiger partial charge in [0.05, 0.1) is 3.79 Å². The van der Waals surface area contributed by atoms with Crippen molar-refractivity contribution in [3.05, 3.63) is 14.7 Å². The van der Waals surface area contributed by atoms with E-state index in [9.17, 15) is 13.2 Å². The molecular formula is C12H18BrNO4S2. The molecule has 1 aromatic heterocycles. The van der Waals surface area contributed by atoms with Gasteiger partial charge in [-0.15, -0.1) is 11.3 Å². The number of hydrogen-bond donors (Lipinski definition) is 1. The summed E-state index contributed by atoms with van der Waals surface area (Å²) in [6.45, 7) is 7.88. The highest BCUT2D eigenvalue weighted by Gasteiger charge is 2.31. The van der Waals surface area contributed by atoms with Crippen LogP contribution in [0.4, 0.5) is 0 Å². The van der Waals surface area contributed by atoms with Crippen molar-refractivity contribution in [3.8, 4) is 0 Å². The highest BCUT2D eigenvalue weighted by molar-refractivity contribution is 9.11. The number of aromatic carboxylic acids is 1. The number of rotatable bonds is 6. The first-order chi connectivity index (χ1) is 9.07. The van der Waals surface area contributed by atoms with Gasteiger partial charge in [-0.3, -0.25) is 0 Å². The summed E-state index contributed by atoms with van der Waals surface area (Å²) in [4.78, 5) is 11.0. The van der Waals surface area contributed by atoms with Crippen LogP contribution in [0.2, 0.25) is 0 Å². The number of halogens is 1. The summed E-state index contributed by atoms with van der Waals surface area (Å²) in [7, 11) is -3.71. The van der Waals surface area contributed by atoms with Crippen molar-refractivity contribution in [2.45, 2.75) is 38.6 Å². The highest BCUT2D eigenvalue weighted by atomic mass is 79.9. The molecule has 0 saturated carbocycles. The van der Waals surface area contributed by atoms with Crippen molar-refractivity contribution in [2.75, 3.05) is 6.54 Å². The molecule has 0 atom stereocenters. The van der Waals surface area contributed by atoms with Crippen molar-refractivity contribution in [2.24, 2.45) is 5.92 Å². The van der Waals surface area contributed by atoms with Crippen LogP contribution < -0.4 is 0 Å². The van der Waals surface area contributed by atoms with Gasteiger partial charge in [-0.05, 0) is 41.8 Å². The second-order valence-electron chi connectivity index (χ2n) is 5.12. The van der Waals surface area contributed by atoms with E-state index in [-0.39, 0.29) is 21.7 Å². The molecule has 20 heavy (non-hydrogen) atoms. The maximum absolute atomic E-state index is 12.7. The molecule has 0 amide bonds. The zero-order valence-corrected chi connectivity index (χ0v) is 15.0. The van der Waals surface area contributed by atoms with Gasteiger partial charge in [-0.2, -0.15) is 4.31 Å². The summed E-state index contributed by atoms with van der Waals surface area (Å²) in [5.74, 6) is -0.944. The number of hydrogen-bond acceptors (Lipinski definition) is 4. The maximum Gasteiger partial charge on any atom is 0.345 e. The van der Waals surface area contributed by atoms with Crippen LogP contribution in [0.25, 0.3) is 0 Å². The molecule has 0 saturated heterocycles. The molecule has 0 bridgehead atoms. The van der Waals surface area contributed by atoms with E-state index in [1.165, 1.54) is 10.4 Å². The van der Waals surface area contributed by atoms with Crippen LogP contribution in [-0.2, 0) is 10.0 Å². The van der Waals surface area contributed by atoms with E-state index in [2.05, 4.69) is 15.9 Å². The summed E-state index contributed by atoms with van der Waals surface area (Å²) in [5.41, 5.74) is 0. The Morgan fingerprint density at radius 1 is 1.40 bits per heavy atom. The Balaban J connectivity index is 3.29. The fourth-order valence-electron chi connectivity index (χ4n) is 1.71. The van der Waals surface area contributed by atoms with Crippen molar-refractivity contribution in [3.63, 3.8) is 0 Å². The molecule has 1 heterocycles. The smallest absolute Gasteiger partial charge is 0.345 e. The second kappa shape index (κ2) is 6.55. The Morgan fingerprint density at radius 3 is 2.30 bits per heavy atom. The highest BCUT2D eigenvalue weighted by Crippen LogP contribution is 2.34. The van der Waals surface area contributed by atoms with Crippen LogP contribution in [0.3, 0.4) is 0 Å². The van der Waals surface area contributed by atoms with E-state index in [1.54, 1.807) is 13.8 Å². The predicted octanol–water partition coefficient (Wildman–Crippen LogP) is 3.26. The maximum atomic E-state index is 12.7. The predicted molar refractivity (Wildman–Crippen MR) is 82.8 cm³/mol. The molecule has 0 fully saturated rings. The number of nitrogens with zero attached hydrogens (tertiary/aromatic N) is 1.